The molecule has 1 aliphatic heterocycles. The molecule has 0 aromatic heterocycles. The Labute approximate surface area is 132 Å². The minimum Gasteiger partial charge on any atom is -0.493 e. The van der Waals surface area contributed by atoms with Gasteiger partial charge in [0.25, 0.3) is 0 Å². The number of rotatable bonds is 6. The first kappa shape index (κ1) is 17.1. The Morgan fingerprint density at radius 1 is 1.18 bits per heavy atom. The van der Waals surface area contributed by atoms with Crippen molar-refractivity contribution in [3.8, 4) is 11.5 Å². The van der Waals surface area contributed by atoms with Gasteiger partial charge in [-0.25, -0.2) is 0 Å². The summed E-state index contributed by atoms with van der Waals surface area (Å²) in [4.78, 5) is 2.02. The summed E-state index contributed by atoms with van der Waals surface area (Å²) in [5.41, 5.74) is 0.782. The number of hydrogen-bond acceptors (Lipinski definition) is 5. The van der Waals surface area contributed by atoms with Crippen molar-refractivity contribution in [2.75, 3.05) is 48.1 Å². The summed E-state index contributed by atoms with van der Waals surface area (Å²) < 4.78 is 16.3. The number of aliphatic hydroxyl groups excluding tert-OH is 1. The molecule has 5 heteroatoms. The normalized spacial score (nSPS) is 19.0. The molecule has 0 bridgehead atoms. The lowest BCUT2D eigenvalue weighted by Gasteiger charge is -2.42. The van der Waals surface area contributed by atoms with Gasteiger partial charge in [0, 0.05) is 25.2 Å². The maximum Gasteiger partial charge on any atom is 0.161 e. The quantitative estimate of drug-likeness (QED) is 0.866. The zero-order valence-electron chi connectivity index (χ0n) is 14.0. The fraction of sp³-hybridized carbons (Fsp3) is 0.647. The van der Waals surface area contributed by atoms with Crippen molar-refractivity contribution in [2.24, 2.45) is 0 Å². The second-order valence-electron chi connectivity index (χ2n) is 6.12. The molecule has 1 fully saturated rings. The van der Waals surface area contributed by atoms with Crippen LogP contribution in [-0.2, 0) is 10.2 Å². The van der Waals surface area contributed by atoms with Gasteiger partial charge in [-0.3, -0.25) is 0 Å². The topological polar surface area (TPSA) is 51.2 Å². The van der Waals surface area contributed by atoms with Crippen molar-refractivity contribution in [1.82, 2.24) is 4.90 Å². The van der Waals surface area contributed by atoms with Crippen LogP contribution >= 0.6 is 0 Å². The van der Waals surface area contributed by atoms with Gasteiger partial charge in [0.1, 0.15) is 0 Å². The number of ether oxygens (including phenoxy) is 3. The van der Waals surface area contributed by atoms with Crippen molar-refractivity contribution in [1.29, 1.82) is 0 Å². The van der Waals surface area contributed by atoms with E-state index in [1.807, 2.05) is 37.2 Å². The van der Waals surface area contributed by atoms with Crippen LogP contribution in [-0.4, -0.2) is 64.2 Å². The van der Waals surface area contributed by atoms with E-state index in [-0.39, 0.29) is 5.41 Å². The van der Waals surface area contributed by atoms with Gasteiger partial charge in [0.2, 0.25) is 0 Å². The summed E-state index contributed by atoms with van der Waals surface area (Å²) in [6.07, 6.45) is 1.15. The number of benzene rings is 1. The predicted molar refractivity (Wildman–Crippen MR) is 85.8 cm³/mol. The molecule has 5 nitrogen and oxygen atoms in total. The zero-order chi connectivity index (χ0) is 16.2. The predicted octanol–water partition coefficient (Wildman–Crippen LogP) is 1.67. The van der Waals surface area contributed by atoms with Crippen molar-refractivity contribution >= 4 is 0 Å². The number of methoxy groups -OCH3 is 2. The molecule has 0 spiro atoms. The highest BCUT2D eigenvalue weighted by Crippen LogP contribution is 2.41. The van der Waals surface area contributed by atoms with Crippen molar-refractivity contribution in [2.45, 2.75) is 24.4 Å². The molecule has 1 N–H and O–H groups in total. The van der Waals surface area contributed by atoms with Crippen LogP contribution in [0.3, 0.4) is 0 Å². The molecule has 0 amide bonds. The number of hydrogen-bond donors (Lipinski definition) is 1. The lowest BCUT2D eigenvalue weighted by atomic mass is 9.69. The summed E-state index contributed by atoms with van der Waals surface area (Å²) in [6.45, 7) is 1.95. The summed E-state index contributed by atoms with van der Waals surface area (Å²) in [5.74, 6) is 1.40. The standard InChI is InChI=1S/C17H27NO4/c1-18(2)12-16(19)17(7-9-22-10-8-17)13-5-6-14(20-3)15(11-13)21-4/h5-6,11,16,19H,7-10,12H2,1-4H3. The number of likely N-dealkylation sites (N-methyl/N-ethyl adjacent to an activating group) is 1. The maximum absolute atomic E-state index is 10.9. The maximum atomic E-state index is 10.9. The van der Waals surface area contributed by atoms with Crippen LogP contribution in [0.4, 0.5) is 0 Å². The van der Waals surface area contributed by atoms with Gasteiger partial charge < -0.3 is 24.2 Å². The molecule has 2 rings (SSSR count). The largest absolute Gasteiger partial charge is 0.493 e. The Hall–Kier alpha value is -1.30. The van der Waals surface area contributed by atoms with Gasteiger partial charge in [0.05, 0.1) is 20.3 Å². The second kappa shape index (κ2) is 7.31. The van der Waals surface area contributed by atoms with Gasteiger partial charge in [0.15, 0.2) is 11.5 Å². The minimum absolute atomic E-state index is 0.304. The zero-order valence-corrected chi connectivity index (χ0v) is 14.0. The average Bonchev–Trinajstić information content (AvgIpc) is 2.54. The fourth-order valence-electron chi connectivity index (χ4n) is 3.22. The molecular weight excluding hydrogens is 282 g/mol. The Balaban J connectivity index is 2.40. The van der Waals surface area contributed by atoms with Crippen LogP contribution < -0.4 is 9.47 Å². The lowest BCUT2D eigenvalue weighted by Crippen LogP contribution is -2.48. The highest BCUT2D eigenvalue weighted by molar-refractivity contribution is 5.46. The third kappa shape index (κ3) is 3.37. The van der Waals surface area contributed by atoms with E-state index in [9.17, 15) is 5.11 Å². The summed E-state index contributed by atoms with van der Waals surface area (Å²) >= 11 is 0. The van der Waals surface area contributed by atoms with Crippen LogP contribution in [0.25, 0.3) is 0 Å². The first-order valence-electron chi connectivity index (χ1n) is 7.66. The molecule has 0 radical (unpaired) electrons. The Morgan fingerprint density at radius 3 is 2.36 bits per heavy atom. The molecular formula is C17H27NO4. The third-order valence-corrected chi connectivity index (χ3v) is 4.52. The second-order valence-corrected chi connectivity index (χ2v) is 6.12. The van der Waals surface area contributed by atoms with Gasteiger partial charge in [-0.2, -0.15) is 0 Å². The van der Waals surface area contributed by atoms with Gasteiger partial charge in [-0.1, -0.05) is 6.07 Å². The molecule has 124 valence electrons. The van der Waals surface area contributed by atoms with Gasteiger partial charge in [-0.05, 0) is 44.6 Å². The fourth-order valence-corrected chi connectivity index (χ4v) is 3.22. The van der Waals surface area contributed by atoms with Crippen LogP contribution in [0.1, 0.15) is 18.4 Å². The molecule has 22 heavy (non-hydrogen) atoms. The molecule has 0 aliphatic carbocycles. The first-order valence-corrected chi connectivity index (χ1v) is 7.66. The van der Waals surface area contributed by atoms with Crippen LogP contribution in [0.5, 0.6) is 11.5 Å². The minimum atomic E-state index is -0.454. The SMILES string of the molecule is COc1ccc(C2(C(O)CN(C)C)CCOCC2)cc1OC. The van der Waals surface area contributed by atoms with E-state index in [1.165, 1.54) is 0 Å². The Morgan fingerprint density at radius 2 is 1.82 bits per heavy atom. The Kier molecular flexibility index (Phi) is 5.67. The van der Waals surface area contributed by atoms with E-state index in [2.05, 4.69) is 0 Å². The van der Waals surface area contributed by atoms with Crippen LogP contribution in [0.15, 0.2) is 18.2 Å². The van der Waals surface area contributed by atoms with E-state index in [1.54, 1.807) is 14.2 Å². The molecule has 1 saturated heterocycles. The lowest BCUT2D eigenvalue weighted by molar-refractivity contribution is -0.0241. The number of aliphatic hydroxyl groups is 1. The van der Waals surface area contributed by atoms with E-state index in [0.29, 0.717) is 31.3 Å². The van der Waals surface area contributed by atoms with Gasteiger partial charge >= 0.3 is 0 Å². The van der Waals surface area contributed by atoms with E-state index in [0.717, 1.165) is 18.4 Å². The van der Waals surface area contributed by atoms with E-state index >= 15 is 0 Å². The highest BCUT2D eigenvalue weighted by atomic mass is 16.5. The molecule has 1 aromatic rings. The molecule has 1 heterocycles. The molecule has 0 saturated carbocycles. The average molecular weight is 309 g/mol. The molecule has 1 unspecified atom stereocenters. The third-order valence-electron chi connectivity index (χ3n) is 4.52. The van der Waals surface area contributed by atoms with E-state index < -0.39 is 6.10 Å². The first-order chi connectivity index (χ1) is 10.5. The smallest absolute Gasteiger partial charge is 0.161 e. The van der Waals surface area contributed by atoms with Crippen LogP contribution in [0, 0.1) is 0 Å². The van der Waals surface area contributed by atoms with Crippen LogP contribution in [0.2, 0.25) is 0 Å². The summed E-state index contributed by atoms with van der Waals surface area (Å²) in [6, 6.07) is 5.93. The summed E-state index contributed by atoms with van der Waals surface area (Å²) in [5, 5.41) is 10.9. The monoisotopic (exact) mass is 309 g/mol. The Bertz CT molecular complexity index is 484. The van der Waals surface area contributed by atoms with Gasteiger partial charge in [-0.15, -0.1) is 0 Å². The highest BCUT2D eigenvalue weighted by Gasteiger charge is 2.41. The van der Waals surface area contributed by atoms with Crippen molar-refractivity contribution in [3.63, 3.8) is 0 Å². The van der Waals surface area contributed by atoms with Crippen molar-refractivity contribution in [3.05, 3.63) is 23.8 Å². The van der Waals surface area contributed by atoms with Crippen molar-refractivity contribution < 1.29 is 19.3 Å². The van der Waals surface area contributed by atoms with E-state index in [4.69, 9.17) is 14.2 Å². The molecule has 1 aromatic carbocycles. The summed E-state index contributed by atoms with van der Waals surface area (Å²) in [7, 11) is 7.22. The molecule has 1 aliphatic rings. The number of nitrogens with zero attached hydrogens (tertiary/aromatic N) is 1. The molecule has 1 atom stereocenters.